The van der Waals surface area contributed by atoms with Crippen LogP contribution in [0.3, 0.4) is 0 Å². The highest BCUT2D eigenvalue weighted by atomic mass is 35.5. The van der Waals surface area contributed by atoms with E-state index < -0.39 is 0 Å². The number of aromatic nitrogens is 3. The molecule has 2 heterocycles. The maximum absolute atomic E-state index is 11.1. The lowest BCUT2D eigenvalue weighted by molar-refractivity contribution is -0.109. The van der Waals surface area contributed by atoms with E-state index in [0.29, 0.717) is 5.15 Å². The molecule has 0 spiro atoms. The first-order valence-electron chi connectivity index (χ1n) is 6.97. The number of hydrogen-bond acceptors (Lipinski definition) is 4. The first-order chi connectivity index (χ1) is 10.0. The van der Waals surface area contributed by atoms with Crippen molar-refractivity contribution in [2.75, 3.05) is 7.11 Å². The summed E-state index contributed by atoms with van der Waals surface area (Å²) in [4.78, 5) is 15.4. The summed E-state index contributed by atoms with van der Waals surface area (Å²) in [6, 6.07) is 1.73. The average Bonchev–Trinajstić information content (AvgIpc) is 2.99. The molecule has 5 nitrogen and oxygen atoms in total. The highest BCUT2D eigenvalue weighted by molar-refractivity contribution is 6.29. The van der Waals surface area contributed by atoms with Crippen molar-refractivity contribution in [2.45, 2.75) is 45.4 Å². The molecular formula is C15H22ClN3O2. The quantitative estimate of drug-likeness (QED) is 0.822. The molecule has 0 aromatic carbocycles. The van der Waals surface area contributed by atoms with Gasteiger partial charge in [0.1, 0.15) is 6.29 Å². The van der Waals surface area contributed by atoms with Crippen LogP contribution in [0.25, 0.3) is 5.65 Å². The van der Waals surface area contributed by atoms with Crippen LogP contribution in [0.1, 0.15) is 51.3 Å². The maximum Gasteiger partial charge on any atom is 0.156 e. The number of aldehydes is 1. The van der Waals surface area contributed by atoms with Gasteiger partial charge in [-0.05, 0) is 6.42 Å². The molecule has 0 amide bonds. The molecule has 1 atom stereocenters. The molecule has 21 heavy (non-hydrogen) atoms. The molecule has 0 bridgehead atoms. The molecule has 0 fully saturated rings. The molecule has 0 aliphatic heterocycles. The van der Waals surface area contributed by atoms with Gasteiger partial charge in [-0.25, -0.2) is 9.50 Å². The minimum absolute atomic E-state index is 0.0834. The van der Waals surface area contributed by atoms with E-state index in [9.17, 15) is 4.79 Å². The van der Waals surface area contributed by atoms with Crippen LogP contribution in [0.15, 0.2) is 12.3 Å². The Balaban J connectivity index is 0.000000510. The zero-order valence-corrected chi connectivity index (χ0v) is 13.8. The third kappa shape index (κ3) is 3.09. The second-order valence-electron chi connectivity index (χ2n) is 5.13. The standard InChI is InChI=1S/C12H12ClN3O.C2H6.CH4O/c1-12(2)4-7(6-17)8-5-14-10-3-9(13)15-16(10)11(8)12;2*1-2/h3,5-7H,4H2,1-2H3;1-2H3;2H,1H3. The normalized spacial score (nSPS) is 18.1. The van der Waals surface area contributed by atoms with Gasteiger partial charge in [-0.3, -0.25) is 0 Å². The third-order valence-corrected chi connectivity index (χ3v) is 3.60. The van der Waals surface area contributed by atoms with E-state index in [4.69, 9.17) is 16.7 Å². The minimum atomic E-state index is -0.0859. The Morgan fingerprint density at radius 3 is 2.62 bits per heavy atom. The average molecular weight is 312 g/mol. The van der Waals surface area contributed by atoms with Gasteiger partial charge >= 0.3 is 0 Å². The van der Waals surface area contributed by atoms with Crippen molar-refractivity contribution in [3.63, 3.8) is 0 Å². The van der Waals surface area contributed by atoms with Crippen LogP contribution in [0.2, 0.25) is 5.15 Å². The van der Waals surface area contributed by atoms with Crippen molar-refractivity contribution in [3.05, 3.63) is 28.7 Å². The molecular weight excluding hydrogens is 290 g/mol. The van der Waals surface area contributed by atoms with Gasteiger partial charge < -0.3 is 9.90 Å². The van der Waals surface area contributed by atoms with Crippen LogP contribution >= 0.6 is 11.6 Å². The molecule has 6 heteroatoms. The number of nitrogens with zero attached hydrogens (tertiary/aromatic N) is 3. The predicted octanol–water partition coefficient (Wildman–Crippen LogP) is 2.98. The fourth-order valence-corrected chi connectivity index (χ4v) is 2.92. The summed E-state index contributed by atoms with van der Waals surface area (Å²) in [7, 11) is 1.00. The molecule has 1 aliphatic rings. The Kier molecular flexibility index (Phi) is 5.87. The molecule has 1 N–H and O–H groups in total. The summed E-state index contributed by atoms with van der Waals surface area (Å²) in [5.74, 6) is -0.0834. The summed E-state index contributed by atoms with van der Waals surface area (Å²) >= 11 is 5.91. The zero-order chi connectivity index (χ0) is 16.2. The lowest BCUT2D eigenvalue weighted by Gasteiger charge is -2.19. The smallest absolute Gasteiger partial charge is 0.156 e. The first kappa shape index (κ1) is 17.6. The number of hydrogen-bond donors (Lipinski definition) is 1. The van der Waals surface area contributed by atoms with Crippen molar-refractivity contribution in [1.82, 2.24) is 14.6 Å². The van der Waals surface area contributed by atoms with Gasteiger partial charge in [-0.15, -0.1) is 0 Å². The van der Waals surface area contributed by atoms with Gasteiger partial charge in [0.2, 0.25) is 0 Å². The molecule has 3 rings (SSSR count). The monoisotopic (exact) mass is 311 g/mol. The van der Waals surface area contributed by atoms with E-state index in [2.05, 4.69) is 23.9 Å². The Morgan fingerprint density at radius 1 is 1.43 bits per heavy atom. The molecule has 1 aliphatic carbocycles. The minimum Gasteiger partial charge on any atom is -0.400 e. The fourth-order valence-electron chi connectivity index (χ4n) is 2.75. The van der Waals surface area contributed by atoms with E-state index in [1.165, 1.54) is 0 Å². The Bertz CT molecular complexity index is 623. The van der Waals surface area contributed by atoms with Gasteiger partial charge in [0.25, 0.3) is 0 Å². The van der Waals surface area contributed by atoms with Crippen molar-refractivity contribution in [1.29, 1.82) is 0 Å². The SMILES string of the molecule is CC.CC1(C)CC(C=O)c2cnc3cc(Cl)nn3c21.CO. The highest BCUT2D eigenvalue weighted by Gasteiger charge is 2.39. The Labute approximate surface area is 130 Å². The molecule has 0 saturated heterocycles. The van der Waals surface area contributed by atoms with Crippen LogP contribution in [-0.2, 0) is 10.2 Å². The van der Waals surface area contributed by atoms with Crippen LogP contribution < -0.4 is 0 Å². The first-order valence-corrected chi connectivity index (χ1v) is 7.35. The number of aliphatic hydroxyl groups is 1. The number of aliphatic hydroxyl groups excluding tert-OH is 1. The Morgan fingerprint density at radius 2 is 2.05 bits per heavy atom. The predicted molar refractivity (Wildman–Crippen MR) is 83.9 cm³/mol. The summed E-state index contributed by atoms with van der Waals surface area (Å²) in [5.41, 5.74) is 2.66. The lowest BCUT2D eigenvalue weighted by Crippen LogP contribution is -2.17. The van der Waals surface area contributed by atoms with Crippen LogP contribution in [0.4, 0.5) is 0 Å². The van der Waals surface area contributed by atoms with Crippen LogP contribution in [0, 0.1) is 0 Å². The number of carbonyl (C=O) groups is 1. The Hall–Kier alpha value is -1.46. The number of fused-ring (bicyclic) bond motifs is 3. The van der Waals surface area contributed by atoms with Crippen molar-refractivity contribution >= 4 is 23.5 Å². The number of rotatable bonds is 1. The van der Waals surface area contributed by atoms with Crippen LogP contribution in [0.5, 0.6) is 0 Å². The summed E-state index contributed by atoms with van der Waals surface area (Å²) in [5, 5.41) is 11.7. The van der Waals surface area contributed by atoms with Crippen molar-refractivity contribution in [3.8, 4) is 0 Å². The third-order valence-electron chi connectivity index (χ3n) is 3.42. The van der Waals surface area contributed by atoms with E-state index in [1.54, 1.807) is 16.8 Å². The van der Waals surface area contributed by atoms with E-state index >= 15 is 0 Å². The second-order valence-corrected chi connectivity index (χ2v) is 5.52. The molecule has 116 valence electrons. The fraction of sp³-hybridized carbons (Fsp3) is 0.533. The summed E-state index contributed by atoms with van der Waals surface area (Å²) in [6.07, 6.45) is 3.56. The molecule has 0 radical (unpaired) electrons. The van der Waals surface area contributed by atoms with Gasteiger partial charge in [-0.2, -0.15) is 5.10 Å². The van der Waals surface area contributed by atoms with Gasteiger partial charge in [-0.1, -0.05) is 39.3 Å². The molecule has 1 unspecified atom stereocenters. The second kappa shape index (κ2) is 7.00. The van der Waals surface area contributed by atoms with Gasteiger partial charge in [0.05, 0.1) is 5.69 Å². The van der Waals surface area contributed by atoms with Crippen molar-refractivity contribution < 1.29 is 9.90 Å². The summed E-state index contributed by atoms with van der Waals surface area (Å²) < 4.78 is 1.77. The maximum atomic E-state index is 11.1. The topological polar surface area (TPSA) is 67.5 Å². The van der Waals surface area contributed by atoms with E-state index in [-0.39, 0.29) is 11.3 Å². The van der Waals surface area contributed by atoms with Gasteiger partial charge in [0.15, 0.2) is 10.8 Å². The van der Waals surface area contributed by atoms with Crippen molar-refractivity contribution in [2.24, 2.45) is 0 Å². The lowest BCUT2D eigenvalue weighted by atomic mass is 9.89. The van der Waals surface area contributed by atoms with Gasteiger partial charge in [0, 0.05) is 36.3 Å². The number of halogens is 1. The largest absolute Gasteiger partial charge is 0.400 e. The zero-order valence-electron chi connectivity index (χ0n) is 13.1. The molecule has 2 aromatic rings. The molecule has 2 aromatic heterocycles. The highest BCUT2D eigenvalue weighted by Crippen LogP contribution is 2.44. The molecule has 0 saturated carbocycles. The number of carbonyl (C=O) groups excluding carboxylic acids is 1. The van der Waals surface area contributed by atoms with E-state index in [1.807, 2.05) is 13.8 Å². The van der Waals surface area contributed by atoms with Crippen LogP contribution in [-0.4, -0.2) is 33.1 Å². The summed E-state index contributed by atoms with van der Waals surface area (Å²) in [6.45, 7) is 8.23. The van der Waals surface area contributed by atoms with E-state index in [0.717, 1.165) is 36.7 Å².